The first-order chi connectivity index (χ1) is 11.7. The molecule has 0 spiro atoms. The second-order valence-corrected chi connectivity index (χ2v) is 5.88. The number of anilines is 1. The number of hydrogen-bond donors (Lipinski definition) is 1. The normalized spacial score (nSPS) is 14.7. The van der Waals surface area contributed by atoms with Crippen LogP contribution >= 0.6 is 24.6 Å². The van der Waals surface area contributed by atoms with Gasteiger partial charge < -0.3 is 9.80 Å². The van der Waals surface area contributed by atoms with Crippen molar-refractivity contribution in [3.8, 4) is 0 Å². The van der Waals surface area contributed by atoms with E-state index in [0.717, 1.165) is 43.4 Å². The van der Waals surface area contributed by atoms with E-state index < -0.39 is 0 Å². The Morgan fingerprint density at radius 2 is 1.72 bits per heavy atom. The molecule has 2 aromatic heterocycles. The first-order valence-corrected chi connectivity index (χ1v) is 8.31. The van der Waals surface area contributed by atoms with E-state index in [1.165, 1.54) is 0 Å². The van der Waals surface area contributed by atoms with Crippen molar-refractivity contribution in [2.45, 2.75) is 6.92 Å². The summed E-state index contributed by atoms with van der Waals surface area (Å²) in [5.41, 5.74) is 4.63. The number of halogens is 1. The van der Waals surface area contributed by atoms with Gasteiger partial charge in [-0.25, -0.2) is 4.98 Å². The fraction of sp³-hybridized carbons (Fsp3) is 0.294. The number of piperazine rings is 1. The van der Waals surface area contributed by atoms with Gasteiger partial charge in [0.1, 0.15) is 5.82 Å². The van der Waals surface area contributed by atoms with Crippen molar-refractivity contribution in [2.24, 2.45) is 5.10 Å². The van der Waals surface area contributed by atoms with Gasteiger partial charge >= 0.3 is 0 Å². The van der Waals surface area contributed by atoms with E-state index in [1.54, 1.807) is 6.20 Å². The lowest BCUT2D eigenvalue weighted by molar-refractivity contribution is 0.380. The first kappa shape index (κ1) is 19.1. The van der Waals surface area contributed by atoms with Crippen LogP contribution in [0.2, 0.25) is 0 Å². The molecule has 0 bridgehead atoms. The third-order valence-corrected chi connectivity index (χ3v) is 4.24. The molecule has 0 atom stereocenters. The van der Waals surface area contributed by atoms with Gasteiger partial charge in [-0.2, -0.15) is 5.10 Å². The summed E-state index contributed by atoms with van der Waals surface area (Å²) in [4.78, 5) is 13.1. The van der Waals surface area contributed by atoms with Crippen LogP contribution in [0.25, 0.3) is 0 Å². The Morgan fingerprint density at radius 1 is 1.04 bits per heavy atom. The molecule has 8 heteroatoms. The summed E-state index contributed by atoms with van der Waals surface area (Å²) < 4.78 is 0. The Bertz CT molecular complexity index is 702. The molecule has 3 heterocycles. The molecule has 132 valence electrons. The van der Waals surface area contributed by atoms with Gasteiger partial charge in [0.25, 0.3) is 0 Å². The lowest BCUT2D eigenvalue weighted by Gasteiger charge is -2.36. The van der Waals surface area contributed by atoms with Crippen molar-refractivity contribution in [2.75, 3.05) is 31.1 Å². The molecule has 0 amide bonds. The molecule has 0 saturated carbocycles. The number of rotatable bonds is 3. The van der Waals surface area contributed by atoms with Crippen molar-refractivity contribution in [1.82, 2.24) is 20.3 Å². The van der Waals surface area contributed by atoms with Gasteiger partial charge in [-0.15, -0.1) is 12.4 Å². The zero-order chi connectivity index (χ0) is 16.8. The molecule has 0 aromatic carbocycles. The highest BCUT2D eigenvalue weighted by Crippen LogP contribution is 2.12. The molecule has 0 aliphatic carbocycles. The SMILES string of the molecule is C/C(=N/NC(=S)N1CCN(c2ccccn2)CC1)c1ccccn1.Cl. The van der Waals surface area contributed by atoms with Crippen molar-refractivity contribution in [3.63, 3.8) is 0 Å². The summed E-state index contributed by atoms with van der Waals surface area (Å²) in [6.07, 6.45) is 3.58. The minimum atomic E-state index is 0. The Balaban J connectivity index is 0.00000225. The number of hydrogen-bond acceptors (Lipinski definition) is 5. The largest absolute Gasteiger partial charge is 0.353 e. The maximum absolute atomic E-state index is 5.45. The summed E-state index contributed by atoms with van der Waals surface area (Å²) in [6.45, 7) is 5.39. The molecule has 3 rings (SSSR count). The monoisotopic (exact) mass is 376 g/mol. The van der Waals surface area contributed by atoms with Gasteiger partial charge in [0.05, 0.1) is 11.4 Å². The topological polar surface area (TPSA) is 56.7 Å². The zero-order valence-electron chi connectivity index (χ0n) is 14.0. The summed E-state index contributed by atoms with van der Waals surface area (Å²) in [6, 6.07) is 11.7. The van der Waals surface area contributed by atoms with E-state index in [4.69, 9.17) is 12.2 Å². The molecule has 25 heavy (non-hydrogen) atoms. The van der Waals surface area contributed by atoms with E-state index in [9.17, 15) is 0 Å². The second-order valence-electron chi connectivity index (χ2n) is 5.49. The van der Waals surface area contributed by atoms with Crippen molar-refractivity contribution in [3.05, 3.63) is 54.5 Å². The van der Waals surface area contributed by atoms with Crippen LogP contribution in [0.3, 0.4) is 0 Å². The Kier molecular flexibility index (Phi) is 7.09. The van der Waals surface area contributed by atoms with E-state index in [1.807, 2.05) is 49.5 Å². The Labute approximate surface area is 159 Å². The molecular weight excluding hydrogens is 356 g/mol. The number of pyridine rings is 2. The van der Waals surface area contributed by atoms with Crippen LogP contribution in [-0.2, 0) is 0 Å². The molecule has 6 nitrogen and oxygen atoms in total. The van der Waals surface area contributed by atoms with Crippen molar-refractivity contribution >= 4 is 41.3 Å². The summed E-state index contributed by atoms with van der Waals surface area (Å²) in [7, 11) is 0. The van der Waals surface area contributed by atoms with Gasteiger partial charge in [-0.05, 0) is 43.4 Å². The van der Waals surface area contributed by atoms with Crippen LogP contribution in [0.5, 0.6) is 0 Å². The Morgan fingerprint density at radius 3 is 2.32 bits per heavy atom. The van der Waals surface area contributed by atoms with Crippen molar-refractivity contribution in [1.29, 1.82) is 0 Å². The van der Waals surface area contributed by atoms with Crippen LogP contribution in [0.4, 0.5) is 5.82 Å². The van der Waals surface area contributed by atoms with E-state index in [-0.39, 0.29) is 12.4 Å². The van der Waals surface area contributed by atoms with Crippen LogP contribution in [-0.4, -0.2) is 51.9 Å². The Hall–Kier alpha value is -2.25. The molecule has 2 aromatic rings. The quantitative estimate of drug-likeness (QED) is 0.504. The molecule has 1 aliphatic rings. The van der Waals surface area contributed by atoms with Crippen LogP contribution in [0.15, 0.2) is 53.9 Å². The van der Waals surface area contributed by atoms with Crippen LogP contribution in [0.1, 0.15) is 12.6 Å². The highest BCUT2D eigenvalue weighted by Gasteiger charge is 2.19. The van der Waals surface area contributed by atoms with Crippen LogP contribution < -0.4 is 10.3 Å². The average Bonchev–Trinajstić information content (AvgIpc) is 2.67. The van der Waals surface area contributed by atoms with Crippen LogP contribution in [0, 0.1) is 0 Å². The molecule has 0 radical (unpaired) electrons. The maximum atomic E-state index is 5.45. The number of aromatic nitrogens is 2. The summed E-state index contributed by atoms with van der Waals surface area (Å²) in [5.74, 6) is 1.01. The summed E-state index contributed by atoms with van der Waals surface area (Å²) in [5, 5.41) is 4.99. The highest BCUT2D eigenvalue weighted by atomic mass is 35.5. The number of hydrazone groups is 1. The molecular formula is C17H21ClN6S. The van der Waals surface area contributed by atoms with Gasteiger partial charge in [0, 0.05) is 38.6 Å². The second kappa shape index (κ2) is 9.29. The lowest BCUT2D eigenvalue weighted by atomic mass is 10.3. The number of thiocarbonyl (C=S) groups is 1. The molecule has 1 saturated heterocycles. The fourth-order valence-corrected chi connectivity index (χ4v) is 2.74. The molecule has 1 N–H and O–H groups in total. The minimum Gasteiger partial charge on any atom is -0.353 e. The van der Waals surface area contributed by atoms with E-state index >= 15 is 0 Å². The molecule has 1 fully saturated rings. The number of nitrogens with one attached hydrogen (secondary N) is 1. The predicted molar refractivity (Wildman–Crippen MR) is 107 cm³/mol. The average molecular weight is 377 g/mol. The van der Waals surface area contributed by atoms with Gasteiger partial charge in [0.2, 0.25) is 0 Å². The highest BCUT2D eigenvalue weighted by molar-refractivity contribution is 7.80. The summed E-state index contributed by atoms with van der Waals surface area (Å²) >= 11 is 5.45. The van der Waals surface area contributed by atoms with Crippen molar-refractivity contribution < 1.29 is 0 Å². The minimum absolute atomic E-state index is 0. The van der Waals surface area contributed by atoms with Gasteiger partial charge in [-0.3, -0.25) is 10.4 Å². The predicted octanol–water partition coefficient (Wildman–Crippen LogP) is 2.32. The molecule has 0 unspecified atom stereocenters. The van der Waals surface area contributed by atoms with Gasteiger partial charge in [0.15, 0.2) is 5.11 Å². The zero-order valence-corrected chi connectivity index (χ0v) is 15.6. The third-order valence-electron chi connectivity index (χ3n) is 3.89. The maximum Gasteiger partial charge on any atom is 0.189 e. The first-order valence-electron chi connectivity index (χ1n) is 7.90. The standard InChI is InChI=1S/C17H20N6S.ClH/c1-14(15-6-2-4-8-18-15)20-21-17(24)23-12-10-22(11-13-23)16-7-3-5-9-19-16;/h2-9H,10-13H2,1H3,(H,21,24);1H/b20-14-;. The smallest absolute Gasteiger partial charge is 0.189 e. The fourth-order valence-electron chi connectivity index (χ4n) is 2.52. The van der Waals surface area contributed by atoms with Gasteiger partial charge in [-0.1, -0.05) is 12.1 Å². The third kappa shape index (κ3) is 5.11. The van der Waals surface area contributed by atoms with E-state index in [0.29, 0.717) is 5.11 Å². The lowest BCUT2D eigenvalue weighted by Crippen LogP contribution is -2.51. The molecule has 1 aliphatic heterocycles. The van der Waals surface area contributed by atoms with E-state index in [2.05, 4.69) is 30.3 Å². The number of nitrogens with zero attached hydrogens (tertiary/aromatic N) is 5.